The van der Waals surface area contributed by atoms with Crippen molar-refractivity contribution >= 4 is 5.69 Å². The van der Waals surface area contributed by atoms with E-state index in [2.05, 4.69) is 4.98 Å². The number of ether oxygens (including phenoxy) is 2. The first-order valence-corrected chi connectivity index (χ1v) is 4.83. The van der Waals surface area contributed by atoms with Gasteiger partial charge in [0.05, 0.1) is 11.0 Å². The van der Waals surface area contributed by atoms with Gasteiger partial charge in [-0.3, -0.25) is 10.1 Å². The summed E-state index contributed by atoms with van der Waals surface area (Å²) in [4.78, 5) is 14.1. The van der Waals surface area contributed by atoms with Gasteiger partial charge in [-0.1, -0.05) is 0 Å². The van der Waals surface area contributed by atoms with Crippen molar-refractivity contribution in [3.63, 3.8) is 0 Å². The average molecular weight is 230 g/mol. The fourth-order valence-corrected chi connectivity index (χ4v) is 1.53. The molecule has 0 amide bonds. The van der Waals surface area contributed by atoms with Gasteiger partial charge >= 0.3 is 0 Å². The first kappa shape index (κ1) is 9.59. The third-order valence-corrected chi connectivity index (χ3v) is 2.30. The van der Waals surface area contributed by atoms with Crippen LogP contribution in [0.5, 0.6) is 23.1 Å². The summed E-state index contributed by atoms with van der Waals surface area (Å²) in [5.41, 5.74) is -0.0420. The molecule has 17 heavy (non-hydrogen) atoms. The van der Waals surface area contributed by atoms with E-state index in [1.807, 2.05) is 0 Å². The number of hydrogen-bond donors (Lipinski definition) is 0. The smallest absolute Gasteiger partial charge is 0.273 e. The van der Waals surface area contributed by atoms with E-state index >= 15 is 0 Å². The molecule has 84 valence electrons. The van der Waals surface area contributed by atoms with Crippen molar-refractivity contribution in [3.05, 3.63) is 46.6 Å². The van der Waals surface area contributed by atoms with Gasteiger partial charge in [-0.05, 0) is 18.2 Å². The van der Waals surface area contributed by atoms with Crippen molar-refractivity contribution in [3.8, 4) is 23.1 Å². The monoisotopic (exact) mass is 230 g/mol. The van der Waals surface area contributed by atoms with Crippen LogP contribution in [0.25, 0.3) is 0 Å². The number of non-ortho nitro benzene ring substituents is 1. The number of pyridine rings is 1. The van der Waals surface area contributed by atoms with Crippen molar-refractivity contribution in [2.45, 2.75) is 0 Å². The lowest BCUT2D eigenvalue weighted by Gasteiger charge is -2.18. The van der Waals surface area contributed by atoms with Crippen molar-refractivity contribution in [2.24, 2.45) is 0 Å². The molecule has 2 heterocycles. The highest BCUT2D eigenvalue weighted by Gasteiger charge is 2.21. The van der Waals surface area contributed by atoms with Crippen LogP contribution in [0, 0.1) is 10.1 Å². The van der Waals surface area contributed by atoms with Crippen molar-refractivity contribution < 1.29 is 14.4 Å². The Kier molecular flexibility index (Phi) is 1.94. The highest BCUT2D eigenvalue weighted by molar-refractivity contribution is 5.55. The van der Waals surface area contributed by atoms with Gasteiger partial charge in [0.2, 0.25) is 0 Å². The minimum atomic E-state index is -0.484. The van der Waals surface area contributed by atoms with Gasteiger partial charge in [0.15, 0.2) is 17.2 Å². The topological polar surface area (TPSA) is 74.5 Å². The van der Waals surface area contributed by atoms with E-state index < -0.39 is 4.92 Å². The van der Waals surface area contributed by atoms with Crippen LogP contribution in [0.1, 0.15) is 0 Å². The van der Waals surface area contributed by atoms with Crippen LogP contribution in [0.2, 0.25) is 0 Å². The zero-order chi connectivity index (χ0) is 11.8. The lowest BCUT2D eigenvalue weighted by atomic mass is 10.2. The van der Waals surface area contributed by atoms with Crippen LogP contribution in [-0.2, 0) is 0 Å². The maximum absolute atomic E-state index is 10.6. The Hall–Kier alpha value is -2.63. The first-order valence-electron chi connectivity index (χ1n) is 4.83. The van der Waals surface area contributed by atoms with Crippen molar-refractivity contribution in [2.75, 3.05) is 0 Å². The number of nitro groups is 1. The number of aromatic nitrogens is 1. The van der Waals surface area contributed by atoms with Gasteiger partial charge in [-0.25, -0.2) is 4.98 Å². The Labute approximate surface area is 95.6 Å². The maximum Gasteiger partial charge on any atom is 0.273 e. The van der Waals surface area contributed by atoms with Gasteiger partial charge in [0, 0.05) is 12.3 Å². The fourth-order valence-electron chi connectivity index (χ4n) is 1.53. The van der Waals surface area contributed by atoms with E-state index in [1.165, 1.54) is 18.2 Å². The molecular formula is C11H6N2O4. The lowest BCUT2D eigenvalue weighted by Crippen LogP contribution is -2.01. The Morgan fingerprint density at radius 3 is 2.82 bits per heavy atom. The number of nitrogens with zero attached hydrogens (tertiary/aromatic N) is 2. The summed E-state index contributed by atoms with van der Waals surface area (Å²) in [6.45, 7) is 0. The van der Waals surface area contributed by atoms with E-state index in [0.717, 1.165) is 0 Å². The SMILES string of the molecule is O=[N+]([O-])c1ccc2c(c1)Oc1cccnc1O2. The molecular weight excluding hydrogens is 224 g/mol. The molecule has 1 aliphatic heterocycles. The number of fused-ring (bicyclic) bond motifs is 2. The Morgan fingerprint density at radius 1 is 1.12 bits per heavy atom. The molecule has 3 rings (SSSR count). The molecule has 0 saturated carbocycles. The molecule has 0 N–H and O–H groups in total. The van der Waals surface area contributed by atoms with Crippen molar-refractivity contribution in [1.29, 1.82) is 0 Å². The summed E-state index contributed by atoms with van der Waals surface area (Å²) in [5.74, 6) is 1.54. The predicted molar refractivity (Wildman–Crippen MR) is 57.5 cm³/mol. The number of benzene rings is 1. The Morgan fingerprint density at radius 2 is 2.00 bits per heavy atom. The quantitative estimate of drug-likeness (QED) is 0.474. The molecule has 0 fully saturated rings. The molecule has 0 radical (unpaired) electrons. The summed E-state index contributed by atoms with van der Waals surface area (Å²) in [6, 6.07) is 7.56. The Balaban J connectivity index is 2.06. The van der Waals surface area contributed by atoms with Crippen LogP contribution in [0.4, 0.5) is 5.69 Å². The molecule has 0 bridgehead atoms. The summed E-state index contributed by atoms with van der Waals surface area (Å²) in [6.07, 6.45) is 1.58. The highest BCUT2D eigenvalue weighted by atomic mass is 16.6. The summed E-state index contributed by atoms with van der Waals surface area (Å²) >= 11 is 0. The van der Waals surface area contributed by atoms with Crippen LogP contribution >= 0.6 is 0 Å². The van der Waals surface area contributed by atoms with E-state index in [1.54, 1.807) is 18.3 Å². The molecule has 1 aromatic heterocycles. The molecule has 1 aromatic carbocycles. The van der Waals surface area contributed by atoms with Gasteiger partial charge in [-0.15, -0.1) is 0 Å². The van der Waals surface area contributed by atoms with Gasteiger partial charge in [-0.2, -0.15) is 0 Å². The molecule has 6 nitrogen and oxygen atoms in total. The van der Waals surface area contributed by atoms with Crippen LogP contribution < -0.4 is 9.47 Å². The normalized spacial score (nSPS) is 11.8. The number of nitro benzene ring substituents is 1. The molecule has 0 aliphatic carbocycles. The van der Waals surface area contributed by atoms with Gasteiger partial charge < -0.3 is 9.47 Å². The average Bonchev–Trinajstić information content (AvgIpc) is 2.35. The first-order chi connectivity index (χ1) is 8.24. The van der Waals surface area contributed by atoms with E-state index in [4.69, 9.17) is 9.47 Å². The van der Waals surface area contributed by atoms with Crippen LogP contribution in [-0.4, -0.2) is 9.91 Å². The highest BCUT2D eigenvalue weighted by Crippen LogP contribution is 2.44. The molecule has 1 aliphatic rings. The fraction of sp³-hybridized carbons (Fsp3) is 0. The molecule has 6 heteroatoms. The second kappa shape index (κ2) is 3.44. The third kappa shape index (κ3) is 1.55. The number of rotatable bonds is 1. The molecule has 0 atom stereocenters. The third-order valence-electron chi connectivity index (χ3n) is 2.30. The van der Waals surface area contributed by atoms with E-state index in [9.17, 15) is 10.1 Å². The van der Waals surface area contributed by atoms with E-state index in [0.29, 0.717) is 23.1 Å². The zero-order valence-corrected chi connectivity index (χ0v) is 8.49. The summed E-state index contributed by atoms with van der Waals surface area (Å²) < 4.78 is 10.9. The van der Waals surface area contributed by atoms with Crippen LogP contribution in [0.15, 0.2) is 36.5 Å². The van der Waals surface area contributed by atoms with Crippen LogP contribution in [0.3, 0.4) is 0 Å². The minimum absolute atomic E-state index is 0.0420. The summed E-state index contributed by atoms with van der Waals surface area (Å²) in [7, 11) is 0. The minimum Gasteiger partial charge on any atom is -0.447 e. The van der Waals surface area contributed by atoms with Gasteiger partial charge in [0.1, 0.15) is 0 Å². The molecule has 0 spiro atoms. The van der Waals surface area contributed by atoms with Gasteiger partial charge in [0.25, 0.3) is 11.6 Å². The lowest BCUT2D eigenvalue weighted by molar-refractivity contribution is -0.384. The standard InChI is InChI=1S/C11H6N2O4/c14-13(15)7-3-4-8-10(6-7)16-9-2-1-5-12-11(9)17-8/h1-6H. The molecule has 0 saturated heterocycles. The Bertz CT molecular complexity index is 612. The van der Waals surface area contributed by atoms with E-state index in [-0.39, 0.29) is 5.69 Å². The largest absolute Gasteiger partial charge is 0.447 e. The van der Waals surface area contributed by atoms with Crippen molar-refractivity contribution in [1.82, 2.24) is 4.98 Å². The predicted octanol–water partition coefficient (Wildman–Crippen LogP) is 2.89. The molecule has 0 unspecified atom stereocenters. The second-order valence-corrected chi connectivity index (χ2v) is 3.40. The second-order valence-electron chi connectivity index (χ2n) is 3.40. The zero-order valence-electron chi connectivity index (χ0n) is 8.49. The number of hydrogen-bond acceptors (Lipinski definition) is 5. The molecule has 2 aromatic rings. The summed E-state index contributed by atoms with van der Waals surface area (Å²) in [5, 5.41) is 10.6. The maximum atomic E-state index is 10.6.